The number of aliphatic hydroxyl groups excluding tert-OH is 1. The first kappa shape index (κ1) is 36.3. The summed E-state index contributed by atoms with van der Waals surface area (Å²) in [5.74, 6) is -50.5. The van der Waals surface area contributed by atoms with Crippen LogP contribution in [0.4, 0.5) is 101 Å². The lowest BCUT2D eigenvalue weighted by atomic mass is 9.97. The minimum atomic E-state index is -9.02. The molecule has 0 aromatic heterocycles. The standard InChI is InChI=1S/C12H3F23O3/c13-2(1-36,8(23,24)25)37-12(34,35)7(22,10(29,30)31)38-11(32,33)6(20,21)4(16,17)3(14,15)5(18,19)9(26,27)28/h36H,1H2. The van der Waals surface area contributed by atoms with Crippen molar-refractivity contribution in [3.8, 4) is 0 Å². The van der Waals surface area contributed by atoms with Crippen molar-refractivity contribution in [2.75, 3.05) is 6.61 Å². The molecule has 0 rings (SSSR count). The summed E-state index contributed by atoms with van der Waals surface area (Å²) >= 11 is 0. The first-order chi connectivity index (χ1) is 16.0. The average Bonchev–Trinajstić information content (AvgIpc) is 2.63. The van der Waals surface area contributed by atoms with E-state index in [0.717, 1.165) is 4.74 Å². The zero-order valence-corrected chi connectivity index (χ0v) is 16.2. The first-order valence-electron chi connectivity index (χ1n) is 7.83. The molecule has 26 heteroatoms. The Morgan fingerprint density at radius 3 is 0.974 bits per heavy atom. The summed E-state index contributed by atoms with van der Waals surface area (Å²) < 4.78 is 299. The Labute approximate surface area is 190 Å². The maximum Gasteiger partial charge on any atom is 0.460 e. The Bertz CT molecular complexity index is 838. The second-order valence-electron chi connectivity index (χ2n) is 6.51. The van der Waals surface area contributed by atoms with Crippen molar-refractivity contribution in [3.63, 3.8) is 0 Å². The highest BCUT2D eigenvalue weighted by molar-refractivity contribution is 5.09. The van der Waals surface area contributed by atoms with E-state index in [4.69, 9.17) is 5.11 Å². The Balaban J connectivity index is 7.02. The number of alkyl halides is 23. The highest BCUT2D eigenvalue weighted by Gasteiger charge is 2.93. The van der Waals surface area contributed by atoms with Crippen molar-refractivity contribution in [2.45, 2.75) is 66.1 Å². The summed E-state index contributed by atoms with van der Waals surface area (Å²) in [6, 6.07) is 0. The SMILES string of the molecule is OCC(F)(OC(F)(F)C(F)(OC(F)(F)C(F)(F)C(F)(F)C(F)(F)C(F)(F)C(F)(F)F)C(F)(F)F)C(F)(F)F. The van der Waals surface area contributed by atoms with Gasteiger partial charge in [0.1, 0.15) is 6.61 Å². The van der Waals surface area contributed by atoms with Gasteiger partial charge in [-0.2, -0.15) is 101 Å². The predicted molar refractivity (Wildman–Crippen MR) is 64.8 cm³/mol. The lowest BCUT2D eigenvalue weighted by Crippen LogP contribution is -2.72. The second kappa shape index (κ2) is 9.15. The van der Waals surface area contributed by atoms with E-state index in [-0.39, 0.29) is 0 Å². The molecule has 0 aromatic rings. The van der Waals surface area contributed by atoms with Crippen molar-refractivity contribution in [1.82, 2.24) is 0 Å². The molecule has 0 aromatic carbocycles. The molecule has 230 valence electrons. The number of halogens is 23. The van der Waals surface area contributed by atoms with Gasteiger partial charge in [0.05, 0.1) is 0 Å². The molecule has 0 radical (unpaired) electrons. The number of hydrogen-bond acceptors (Lipinski definition) is 3. The third kappa shape index (κ3) is 5.22. The van der Waals surface area contributed by atoms with Gasteiger partial charge < -0.3 is 5.11 Å². The van der Waals surface area contributed by atoms with Crippen LogP contribution < -0.4 is 0 Å². The van der Waals surface area contributed by atoms with E-state index in [2.05, 4.69) is 0 Å². The normalized spacial score (nSPS) is 19.3. The lowest BCUT2D eigenvalue weighted by Gasteiger charge is -2.42. The van der Waals surface area contributed by atoms with E-state index >= 15 is 0 Å². The van der Waals surface area contributed by atoms with Gasteiger partial charge in [-0.3, -0.25) is 9.47 Å². The van der Waals surface area contributed by atoms with Gasteiger partial charge in [0.15, 0.2) is 0 Å². The maximum absolute atomic E-state index is 13.9. The van der Waals surface area contributed by atoms with Crippen LogP contribution in [0.3, 0.4) is 0 Å². The van der Waals surface area contributed by atoms with Gasteiger partial charge in [-0.25, -0.2) is 0 Å². The Hall–Kier alpha value is -1.73. The van der Waals surface area contributed by atoms with Gasteiger partial charge in [-0.1, -0.05) is 0 Å². The van der Waals surface area contributed by atoms with Crippen LogP contribution in [0.1, 0.15) is 0 Å². The number of hydrogen-bond donors (Lipinski definition) is 1. The van der Waals surface area contributed by atoms with E-state index < -0.39 is 72.8 Å². The molecule has 0 saturated heterocycles. The molecule has 0 aliphatic carbocycles. The van der Waals surface area contributed by atoms with Crippen LogP contribution >= 0.6 is 0 Å². The zero-order valence-electron chi connectivity index (χ0n) is 16.2. The summed E-state index contributed by atoms with van der Waals surface area (Å²) in [4.78, 5) is 0. The molecule has 0 heterocycles. The van der Waals surface area contributed by atoms with Crippen molar-refractivity contribution in [2.24, 2.45) is 0 Å². The van der Waals surface area contributed by atoms with Crippen LogP contribution in [0.25, 0.3) is 0 Å². The molecule has 0 saturated carbocycles. The molecule has 2 atom stereocenters. The topological polar surface area (TPSA) is 38.7 Å². The zero-order chi connectivity index (χ0) is 31.6. The number of ether oxygens (including phenoxy) is 2. The van der Waals surface area contributed by atoms with Crippen LogP contribution in [0.2, 0.25) is 0 Å². The Kier molecular flexibility index (Phi) is 8.74. The van der Waals surface area contributed by atoms with Crippen molar-refractivity contribution in [1.29, 1.82) is 0 Å². The molecule has 0 aliphatic heterocycles. The summed E-state index contributed by atoms with van der Waals surface area (Å²) in [6.45, 7) is -3.61. The largest absolute Gasteiger partial charge is 0.460 e. The summed E-state index contributed by atoms with van der Waals surface area (Å²) in [6.07, 6.45) is -40.4. The van der Waals surface area contributed by atoms with Gasteiger partial charge in [0.25, 0.3) is 0 Å². The lowest BCUT2D eigenvalue weighted by molar-refractivity contribution is -0.555. The van der Waals surface area contributed by atoms with Crippen LogP contribution in [0, 0.1) is 0 Å². The number of aliphatic hydroxyl groups is 1. The monoisotopic (exact) mass is 632 g/mol. The van der Waals surface area contributed by atoms with E-state index in [1.165, 1.54) is 0 Å². The molecule has 38 heavy (non-hydrogen) atoms. The molecular weight excluding hydrogens is 629 g/mol. The fraction of sp³-hybridized carbons (Fsp3) is 1.00. The average molecular weight is 632 g/mol. The van der Waals surface area contributed by atoms with Crippen molar-refractivity contribution >= 4 is 0 Å². The third-order valence-corrected chi connectivity index (χ3v) is 3.83. The van der Waals surface area contributed by atoms with Crippen LogP contribution in [-0.4, -0.2) is 77.9 Å². The minimum absolute atomic E-state index is 0.997. The highest BCUT2D eigenvalue weighted by atomic mass is 19.4. The molecule has 2 unspecified atom stereocenters. The summed E-state index contributed by atoms with van der Waals surface area (Å²) in [5.41, 5.74) is 0. The summed E-state index contributed by atoms with van der Waals surface area (Å²) in [7, 11) is 0. The number of rotatable bonds is 10. The van der Waals surface area contributed by atoms with Crippen LogP contribution in [0.5, 0.6) is 0 Å². The molecule has 3 nitrogen and oxygen atoms in total. The van der Waals surface area contributed by atoms with Crippen LogP contribution in [-0.2, 0) is 9.47 Å². The van der Waals surface area contributed by atoms with Crippen LogP contribution in [0.15, 0.2) is 0 Å². The molecule has 0 amide bonds. The van der Waals surface area contributed by atoms with Crippen molar-refractivity contribution < 1.29 is 116 Å². The van der Waals surface area contributed by atoms with E-state index in [1.807, 2.05) is 0 Å². The fourth-order valence-electron chi connectivity index (χ4n) is 1.73. The molecule has 0 bridgehead atoms. The van der Waals surface area contributed by atoms with E-state index in [1.54, 1.807) is 4.74 Å². The van der Waals surface area contributed by atoms with Gasteiger partial charge in [0.2, 0.25) is 0 Å². The van der Waals surface area contributed by atoms with Gasteiger partial charge >= 0.3 is 66.1 Å². The van der Waals surface area contributed by atoms with Gasteiger partial charge in [-0.05, 0) is 0 Å². The summed E-state index contributed by atoms with van der Waals surface area (Å²) in [5, 5.41) is 8.04. The second-order valence-corrected chi connectivity index (χ2v) is 6.51. The third-order valence-electron chi connectivity index (χ3n) is 3.83. The predicted octanol–water partition coefficient (Wildman–Crippen LogP) is 6.76. The molecule has 0 aliphatic rings. The maximum atomic E-state index is 13.9. The quantitative estimate of drug-likeness (QED) is 0.271. The molecule has 0 fully saturated rings. The minimum Gasteiger partial charge on any atom is -0.390 e. The van der Waals surface area contributed by atoms with Gasteiger partial charge in [-0.15, -0.1) is 0 Å². The van der Waals surface area contributed by atoms with Gasteiger partial charge in [0, 0.05) is 0 Å². The Morgan fingerprint density at radius 2 is 0.711 bits per heavy atom. The molecule has 0 spiro atoms. The van der Waals surface area contributed by atoms with E-state index in [9.17, 15) is 101 Å². The fourth-order valence-corrected chi connectivity index (χ4v) is 1.73. The smallest absolute Gasteiger partial charge is 0.390 e. The highest BCUT2D eigenvalue weighted by Crippen LogP contribution is 2.62. The first-order valence-corrected chi connectivity index (χ1v) is 7.83. The Morgan fingerprint density at radius 1 is 0.368 bits per heavy atom. The molecule has 1 N–H and O–H groups in total. The van der Waals surface area contributed by atoms with E-state index in [0.29, 0.717) is 0 Å². The molecular formula is C12H3F23O3. The van der Waals surface area contributed by atoms with Crippen molar-refractivity contribution in [3.05, 3.63) is 0 Å².